The standard InChI is InChI=1S/C9H16F2O2/c1-3-8(2)6-9(12,7(10)11)4-5-13-8/h7,12H,3-6H2,1-2H3. The zero-order valence-electron chi connectivity index (χ0n) is 8.02. The molecule has 2 atom stereocenters. The predicted molar refractivity (Wildman–Crippen MR) is 44.8 cm³/mol. The molecule has 0 bridgehead atoms. The summed E-state index contributed by atoms with van der Waals surface area (Å²) in [5, 5.41) is 9.59. The van der Waals surface area contributed by atoms with E-state index < -0.39 is 17.6 Å². The maximum absolute atomic E-state index is 12.5. The van der Waals surface area contributed by atoms with Crippen molar-refractivity contribution in [3.05, 3.63) is 0 Å². The van der Waals surface area contributed by atoms with Crippen LogP contribution in [0.4, 0.5) is 8.78 Å². The molecule has 1 saturated heterocycles. The van der Waals surface area contributed by atoms with E-state index in [9.17, 15) is 13.9 Å². The van der Waals surface area contributed by atoms with Crippen molar-refractivity contribution in [2.45, 2.75) is 50.7 Å². The molecule has 1 aliphatic heterocycles. The Morgan fingerprint density at radius 1 is 1.54 bits per heavy atom. The minimum Gasteiger partial charge on any atom is -0.384 e. The second kappa shape index (κ2) is 3.50. The van der Waals surface area contributed by atoms with Gasteiger partial charge in [-0.05, 0) is 13.3 Å². The first-order chi connectivity index (χ1) is 5.92. The van der Waals surface area contributed by atoms with Crippen molar-refractivity contribution in [3.63, 3.8) is 0 Å². The van der Waals surface area contributed by atoms with Crippen molar-refractivity contribution >= 4 is 0 Å². The van der Waals surface area contributed by atoms with Gasteiger partial charge in [0.1, 0.15) is 5.60 Å². The number of hydrogen-bond donors (Lipinski definition) is 1. The molecule has 1 fully saturated rings. The summed E-state index contributed by atoms with van der Waals surface area (Å²) >= 11 is 0. The topological polar surface area (TPSA) is 29.5 Å². The second-order valence-electron chi connectivity index (χ2n) is 3.98. The number of rotatable bonds is 2. The van der Waals surface area contributed by atoms with Gasteiger partial charge in [0, 0.05) is 12.8 Å². The molecule has 1 heterocycles. The zero-order chi connectivity index (χ0) is 10.1. The molecule has 0 spiro atoms. The molecule has 13 heavy (non-hydrogen) atoms. The Morgan fingerprint density at radius 2 is 2.15 bits per heavy atom. The minimum atomic E-state index is -2.68. The third-order valence-corrected chi connectivity index (χ3v) is 2.82. The SMILES string of the molecule is CCC1(C)CC(O)(C(F)F)CCO1. The minimum absolute atomic E-state index is 0.0220. The molecular weight excluding hydrogens is 178 g/mol. The van der Waals surface area contributed by atoms with Gasteiger partial charge in [-0.2, -0.15) is 0 Å². The normalized spacial score (nSPS) is 41.1. The Morgan fingerprint density at radius 3 is 2.62 bits per heavy atom. The first-order valence-corrected chi connectivity index (χ1v) is 4.56. The Labute approximate surface area is 76.9 Å². The fourth-order valence-electron chi connectivity index (χ4n) is 1.67. The molecule has 0 amide bonds. The van der Waals surface area contributed by atoms with Gasteiger partial charge in [-0.15, -0.1) is 0 Å². The number of hydrogen-bond acceptors (Lipinski definition) is 2. The van der Waals surface area contributed by atoms with E-state index in [1.807, 2.05) is 6.92 Å². The number of halogens is 2. The predicted octanol–water partition coefficient (Wildman–Crippen LogP) is 1.96. The summed E-state index contributed by atoms with van der Waals surface area (Å²) in [6.07, 6.45) is -1.99. The zero-order valence-corrected chi connectivity index (χ0v) is 8.02. The fourth-order valence-corrected chi connectivity index (χ4v) is 1.67. The van der Waals surface area contributed by atoms with Crippen molar-refractivity contribution in [2.24, 2.45) is 0 Å². The van der Waals surface area contributed by atoms with Crippen molar-refractivity contribution in [2.75, 3.05) is 6.61 Å². The van der Waals surface area contributed by atoms with Crippen LogP contribution in [-0.2, 0) is 4.74 Å². The summed E-state index contributed by atoms with van der Waals surface area (Å²) in [4.78, 5) is 0. The molecule has 0 radical (unpaired) electrons. The summed E-state index contributed by atoms with van der Waals surface area (Å²) in [6, 6.07) is 0. The summed E-state index contributed by atoms with van der Waals surface area (Å²) in [6.45, 7) is 3.85. The van der Waals surface area contributed by atoms with Gasteiger partial charge in [-0.3, -0.25) is 0 Å². The lowest BCUT2D eigenvalue weighted by Crippen LogP contribution is -2.51. The molecule has 0 aromatic heterocycles. The maximum atomic E-state index is 12.5. The Bertz CT molecular complexity index is 186. The van der Waals surface area contributed by atoms with Crippen LogP contribution in [0, 0.1) is 0 Å². The van der Waals surface area contributed by atoms with Crippen LogP contribution in [0.5, 0.6) is 0 Å². The molecule has 0 aliphatic carbocycles. The fraction of sp³-hybridized carbons (Fsp3) is 1.00. The maximum Gasteiger partial charge on any atom is 0.267 e. The first kappa shape index (κ1) is 10.9. The molecular formula is C9H16F2O2. The van der Waals surface area contributed by atoms with E-state index in [4.69, 9.17) is 4.74 Å². The summed E-state index contributed by atoms with van der Waals surface area (Å²) in [7, 11) is 0. The van der Waals surface area contributed by atoms with E-state index in [1.54, 1.807) is 6.92 Å². The lowest BCUT2D eigenvalue weighted by atomic mass is 9.82. The van der Waals surface area contributed by atoms with E-state index in [0.717, 1.165) is 0 Å². The highest BCUT2D eigenvalue weighted by atomic mass is 19.3. The van der Waals surface area contributed by atoms with E-state index in [1.165, 1.54) is 0 Å². The molecule has 1 rings (SSSR count). The lowest BCUT2D eigenvalue weighted by Gasteiger charge is -2.42. The Hall–Kier alpha value is -0.220. The first-order valence-electron chi connectivity index (χ1n) is 4.56. The molecule has 2 nitrogen and oxygen atoms in total. The average molecular weight is 194 g/mol. The van der Waals surface area contributed by atoms with Gasteiger partial charge in [-0.1, -0.05) is 6.92 Å². The summed E-state index contributed by atoms with van der Waals surface area (Å²) < 4.78 is 30.3. The van der Waals surface area contributed by atoms with E-state index in [0.29, 0.717) is 6.42 Å². The van der Waals surface area contributed by atoms with Crippen LogP contribution in [0.15, 0.2) is 0 Å². The van der Waals surface area contributed by atoms with Crippen LogP contribution in [0.25, 0.3) is 0 Å². The average Bonchev–Trinajstić information content (AvgIpc) is 2.04. The third kappa shape index (κ3) is 2.17. The van der Waals surface area contributed by atoms with Crippen LogP contribution in [0.2, 0.25) is 0 Å². The van der Waals surface area contributed by atoms with Crippen molar-refractivity contribution < 1.29 is 18.6 Å². The van der Waals surface area contributed by atoms with E-state index in [-0.39, 0.29) is 19.4 Å². The molecule has 0 aromatic rings. The Kier molecular flexibility index (Phi) is 2.92. The van der Waals surface area contributed by atoms with Crippen molar-refractivity contribution in [1.29, 1.82) is 0 Å². The monoisotopic (exact) mass is 194 g/mol. The van der Waals surface area contributed by atoms with Gasteiger partial charge < -0.3 is 9.84 Å². The molecule has 78 valence electrons. The summed E-state index contributed by atoms with van der Waals surface area (Å²) in [5.74, 6) is 0. The van der Waals surface area contributed by atoms with Gasteiger partial charge >= 0.3 is 0 Å². The van der Waals surface area contributed by atoms with E-state index in [2.05, 4.69) is 0 Å². The number of aliphatic hydroxyl groups is 1. The van der Waals surface area contributed by atoms with E-state index >= 15 is 0 Å². The van der Waals surface area contributed by atoms with Crippen LogP contribution in [-0.4, -0.2) is 29.3 Å². The van der Waals surface area contributed by atoms with Crippen molar-refractivity contribution in [1.82, 2.24) is 0 Å². The molecule has 2 unspecified atom stereocenters. The molecule has 1 aliphatic rings. The second-order valence-corrected chi connectivity index (χ2v) is 3.98. The van der Waals surface area contributed by atoms with Crippen molar-refractivity contribution in [3.8, 4) is 0 Å². The van der Waals surface area contributed by atoms with Crippen LogP contribution >= 0.6 is 0 Å². The van der Waals surface area contributed by atoms with Crippen LogP contribution in [0.1, 0.15) is 33.1 Å². The van der Waals surface area contributed by atoms with Crippen LogP contribution < -0.4 is 0 Å². The number of alkyl halides is 2. The van der Waals surface area contributed by atoms with Gasteiger partial charge in [-0.25, -0.2) is 8.78 Å². The lowest BCUT2D eigenvalue weighted by molar-refractivity contribution is -0.200. The van der Waals surface area contributed by atoms with Crippen LogP contribution in [0.3, 0.4) is 0 Å². The quantitative estimate of drug-likeness (QED) is 0.728. The van der Waals surface area contributed by atoms with Gasteiger partial charge in [0.15, 0.2) is 0 Å². The van der Waals surface area contributed by atoms with Gasteiger partial charge in [0.05, 0.1) is 12.2 Å². The highest BCUT2D eigenvalue weighted by Gasteiger charge is 2.47. The number of ether oxygens (including phenoxy) is 1. The third-order valence-electron chi connectivity index (χ3n) is 2.82. The highest BCUT2D eigenvalue weighted by Crippen LogP contribution is 2.37. The molecule has 0 saturated carbocycles. The molecule has 4 heteroatoms. The smallest absolute Gasteiger partial charge is 0.267 e. The largest absolute Gasteiger partial charge is 0.384 e. The molecule has 1 N–H and O–H groups in total. The summed E-state index contributed by atoms with van der Waals surface area (Å²) in [5.41, 5.74) is -2.44. The van der Waals surface area contributed by atoms with Gasteiger partial charge in [0.2, 0.25) is 0 Å². The Balaban J connectivity index is 2.71. The van der Waals surface area contributed by atoms with Gasteiger partial charge in [0.25, 0.3) is 6.43 Å². The highest BCUT2D eigenvalue weighted by molar-refractivity contribution is 4.93. The molecule has 0 aromatic carbocycles.